The quantitative estimate of drug-likeness (QED) is 0.808. The van der Waals surface area contributed by atoms with Crippen LogP contribution in [0.15, 0.2) is 35.2 Å². The molecule has 1 aromatic rings. The van der Waals surface area contributed by atoms with E-state index in [0.29, 0.717) is 12.1 Å². The molecule has 1 aromatic carbocycles. The second kappa shape index (κ2) is 5.73. The molecule has 6 nitrogen and oxygen atoms in total. The van der Waals surface area contributed by atoms with Gasteiger partial charge in [0.2, 0.25) is 5.91 Å². The van der Waals surface area contributed by atoms with Crippen LogP contribution in [0.5, 0.6) is 0 Å². The van der Waals surface area contributed by atoms with Crippen molar-refractivity contribution in [2.45, 2.75) is 18.2 Å². The van der Waals surface area contributed by atoms with Gasteiger partial charge in [-0.1, -0.05) is 18.2 Å². The van der Waals surface area contributed by atoms with Crippen LogP contribution in [0.4, 0.5) is 5.69 Å². The van der Waals surface area contributed by atoms with Crippen LogP contribution in [0.2, 0.25) is 0 Å². The Hall–Kier alpha value is -2.15. The van der Waals surface area contributed by atoms with E-state index in [1.165, 1.54) is 12.1 Å². The summed E-state index contributed by atoms with van der Waals surface area (Å²) in [5, 5.41) is 12.2. The van der Waals surface area contributed by atoms with Gasteiger partial charge < -0.3 is 10.4 Å². The van der Waals surface area contributed by atoms with Crippen LogP contribution in [0.3, 0.4) is 0 Å². The van der Waals surface area contributed by atoms with Crippen molar-refractivity contribution >= 4 is 27.4 Å². The number of benzene rings is 1. The third kappa shape index (κ3) is 2.84. The summed E-state index contributed by atoms with van der Waals surface area (Å²) >= 11 is 0. The highest BCUT2D eigenvalue weighted by Crippen LogP contribution is 2.48. The van der Waals surface area contributed by atoms with Crippen LogP contribution in [-0.2, 0) is 19.4 Å². The summed E-state index contributed by atoms with van der Waals surface area (Å²) in [6.07, 6.45) is 5.57. The number of carbonyl (C=O) groups is 2. The van der Waals surface area contributed by atoms with E-state index < -0.39 is 27.6 Å². The van der Waals surface area contributed by atoms with Crippen molar-refractivity contribution in [2.24, 2.45) is 23.7 Å². The molecule has 0 saturated heterocycles. The summed E-state index contributed by atoms with van der Waals surface area (Å²) in [6, 6.07) is 4.53. The predicted octanol–water partition coefficient (Wildman–Crippen LogP) is 1.86. The summed E-state index contributed by atoms with van der Waals surface area (Å²) in [7, 11) is -3.39. The fourth-order valence-corrected chi connectivity index (χ4v) is 4.35. The highest BCUT2D eigenvalue weighted by Gasteiger charge is 2.51. The largest absolute Gasteiger partial charge is 0.481 e. The molecule has 2 aliphatic carbocycles. The number of nitrogens with one attached hydrogen (secondary N) is 1. The van der Waals surface area contributed by atoms with Gasteiger partial charge in [0, 0.05) is 11.9 Å². The summed E-state index contributed by atoms with van der Waals surface area (Å²) in [6.45, 7) is 1.76. The molecule has 24 heavy (non-hydrogen) atoms. The van der Waals surface area contributed by atoms with Crippen molar-refractivity contribution in [1.29, 1.82) is 0 Å². The van der Waals surface area contributed by atoms with Gasteiger partial charge >= 0.3 is 5.97 Å². The predicted molar refractivity (Wildman–Crippen MR) is 88.3 cm³/mol. The Morgan fingerprint density at radius 1 is 1.17 bits per heavy atom. The molecule has 2 bridgehead atoms. The van der Waals surface area contributed by atoms with Gasteiger partial charge in [0.1, 0.15) is 0 Å². The van der Waals surface area contributed by atoms with E-state index in [2.05, 4.69) is 5.32 Å². The number of hydrogen-bond donors (Lipinski definition) is 2. The van der Waals surface area contributed by atoms with Crippen molar-refractivity contribution in [3.63, 3.8) is 0 Å². The molecular formula is C17H19NO5S. The second-order valence-corrected chi connectivity index (χ2v) is 8.59. The van der Waals surface area contributed by atoms with Crippen molar-refractivity contribution in [1.82, 2.24) is 0 Å². The molecule has 0 heterocycles. The Kier molecular flexibility index (Phi) is 3.99. The minimum absolute atomic E-state index is 0.0745. The van der Waals surface area contributed by atoms with Crippen molar-refractivity contribution in [3.05, 3.63) is 35.9 Å². The standard InChI is InChI=1S/C17H19NO5S/c1-9-3-6-12(24(2,22)23)8-13(9)18-16(19)14-10-4-5-11(7-10)15(14)17(20)21/h3-6,8,10-11,14-15H,7H2,1-2H3,(H,18,19)(H,20,21). The van der Waals surface area contributed by atoms with Crippen LogP contribution in [-0.4, -0.2) is 31.7 Å². The van der Waals surface area contributed by atoms with Crippen LogP contribution < -0.4 is 5.32 Å². The van der Waals surface area contributed by atoms with Crippen molar-refractivity contribution < 1.29 is 23.1 Å². The van der Waals surface area contributed by atoms with E-state index in [9.17, 15) is 23.1 Å². The van der Waals surface area contributed by atoms with Crippen LogP contribution in [0.25, 0.3) is 0 Å². The monoisotopic (exact) mass is 349 g/mol. The first-order valence-electron chi connectivity index (χ1n) is 7.71. The number of rotatable bonds is 4. The minimum Gasteiger partial charge on any atom is -0.481 e. The van der Waals surface area contributed by atoms with Gasteiger partial charge in [0.25, 0.3) is 0 Å². The van der Waals surface area contributed by atoms with Gasteiger partial charge in [0.15, 0.2) is 9.84 Å². The highest BCUT2D eigenvalue weighted by atomic mass is 32.2. The number of allylic oxidation sites excluding steroid dienone is 2. The zero-order valence-corrected chi connectivity index (χ0v) is 14.2. The number of anilines is 1. The summed E-state index contributed by atoms with van der Waals surface area (Å²) in [4.78, 5) is 24.3. The average molecular weight is 349 g/mol. The number of carbonyl (C=O) groups excluding carboxylic acids is 1. The number of aryl methyl sites for hydroxylation is 1. The molecule has 7 heteroatoms. The molecular weight excluding hydrogens is 330 g/mol. The molecule has 3 rings (SSSR count). The first kappa shape index (κ1) is 16.7. The van der Waals surface area contributed by atoms with Crippen molar-refractivity contribution in [2.75, 3.05) is 11.6 Å². The fraction of sp³-hybridized carbons (Fsp3) is 0.412. The average Bonchev–Trinajstić information content (AvgIpc) is 3.08. The van der Waals surface area contributed by atoms with Gasteiger partial charge in [-0.15, -0.1) is 0 Å². The topological polar surface area (TPSA) is 101 Å². The van der Waals surface area contributed by atoms with E-state index in [1.807, 2.05) is 12.2 Å². The van der Waals surface area contributed by atoms with Gasteiger partial charge in [-0.25, -0.2) is 8.42 Å². The summed E-state index contributed by atoms with van der Waals surface area (Å²) in [5.41, 5.74) is 1.13. The number of sulfone groups is 1. The zero-order valence-electron chi connectivity index (χ0n) is 13.4. The van der Waals surface area contributed by atoms with Gasteiger partial charge in [-0.05, 0) is 42.9 Å². The zero-order chi connectivity index (χ0) is 17.6. The Morgan fingerprint density at radius 2 is 1.79 bits per heavy atom. The molecule has 2 N–H and O–H groups in total. The van der Waals surface area contributed by atoms with Crippen LogP contribution >= 0.6 is 0 Å². The smallest absolute Gasteiger partial charge is 0.307 e. The van der Waals surface area contributed by atoms with E-state index in [-0.39, 0.29) is 22.6 Å². The maximum absolute atomic E-state index is 12.7. The lowest BCUT2D eigenvalue weighted by Crippen LogP contribution is -2.36. The Labute approximate surface area is 140 Å². The number of carboxylic acid groups (broad SMARTS) is 1. The molecule has 2 aliphatic rings. The molecule has 1 fully saturated rings. The molecule has 4 atom stereocenters. The SMILES string of the molecule is Cc1ccc(S(C)(=O)=O)cc1NC(=O)C1C2C=CC(C2)C1C(=O)O. The number of fused-ring (bicyclic) bond motifs is 2. The van der Waals surface area contributed by atoms with Gasteiger partial charge in [0.05, 0.1) is 16.7 Å². The Morgan fingerprint density at radius 3 is 2.38 bits per heavy atom. The second-order valence-electron chi connectivity index (χ2n) is 6.58. The third-order valence-corrected chi connectivity index (χ3v) is 6.05. The Bertz CT molecular complexity index is 843. The molecule has 1 amide bonds. The van der Waals surface area contributed by atoms with E-state index in [0.717, 1.165) is 11.8 Å². The number of aliphatic carboxylic acids is 1. The van der Waals surface area contributed by atoms with Gasteiger partial charge in [-0.3, -0.25) is 9.59 Å². The number of hydrogen-bond acceptors (Lipinski definition) is 4. The maximum Gasteiger partial charge on any atom is 0.307 e. The molecule has 0 spiro atoms. The molecule has 0 aromatic heterocycles. The van der Waals surface area contributed by atoms with Crippen LogP contribution in [0, 0.1) is 30.6 Å². The van der Waals surface area contributed by atoms with Crippen molar-refractivity contribution in [3.8, 4) is 0 Å². The number of amides is 1. The lowest BCUT2D eigenvalue weighted by atomic mass is 9.82. The van der Waals surface area contributed by atoms with E-state index in [1.54, 1.807) is 13.0 Å². The third-order valence-electron chi connectivity index (χ3n) is 4.94. The van der Waals surface area contributed by atoms with Gasteiger partial charge in [-0.2, -0.15) is 0 Å². The first-order chi connectivity index (χ1) is 11.2. The first-order valence-corrected chi connectivity index (χ1v) is 9.60. The molecule has 0 radical (unpaired) electrons. The minimum atomic E-state index is -3.39. The van der Waals surface area contributed by atoms with E-state index >= 15 is 0 Å². The normalized spacial score (nSPS) is 28.1. The van der Waals surface area contributed by atoms with Crippen LogP contribution in [0.1, 0.15) is 12.0 Å². The molecule has 4 unspecified atom stereocenters. The highest BCUT2D eigenvalue weighted by molar-refractivity contribution is 7.90. The maximum atomic E-state index is 12.7. The Balaban J connectivity index is 1.88. The lowest BCUT2D eigenvalue weighted by Gasteiger charge is -2.24. The summed E-state index contributed by atoms with van der Waals surface area (Å²) < 4.78 is 23.4. The molecule has 0 aliphatic heterocycles. The number of carboxylic acids is 1. The van der Waals surface area contributed by atoms with E-state index in [4.69, 9.17) is 0 Å². The lowest BCUT2D eigenvalue weighted by molar-refractivity contribution is -0.146. The molecule has 128 valence electrons. The summed E-state index contributed by atoms with van der Waals surface area (Å²) in [5.74, 6) is -2.86. The fourth-order valence-electron chi connectivity index (χ4n) is 3.70. The molecule has 1 saturated carbocycles.